The van der Waals surface area contributed by atoms with Gasteiger partial charge in [-0.3, -0.25) is 0 Å². The zero-order valence-electron chi connectivity index (χ0n) is 36.8. The number of furan rings is 1. The van der Waals surface area contributed by atoms with Crippen molar-refractivity contribution in [3.8, 4) is 5.69 Å². The van der Waals surface area contributed by atoms with Gasteiger partial charge in [-0.25, -0.2) is 9.98 Å². The lowest BCUT2D eigenvalue weighted by Gasteiger charge is -2.16. The first-order chi connectivity index (χ1) is 33.2. The molecule has 2 aromatic heterocycles. The van der Waals surface area contributed by atoms with Crippen molar-refractivity contribution in [1.82, 2.24) is 4.57 Å². The van der Waals surface area contributed by atoms with Gasteiger partial charge in [-0.1, -0.05) is 171 Å². The number of hydrogen-bond acceptors (Lipinski definition) is 3. The van der Waals surface area contributed by atoms with Gasteiger partial charge in [0.1, 0.15) is 11.2 Å². The van der Waals surface area contributed by atoms with E-state index in [0.29, 0.717) is 12.3 Å². The first-order valence-electron chi connectivity index (χ1n) is 23.2. The highest BCUT2D eigenvalue weighted by molar-refractivity contribution is 6.27. The summed E-state index contributed by atoms with van der Waals surface area (Å²) in [5.74, 6) is 0.622. The third-order valence-corrected chi connectivity index (χ3v) is 14.2. The minimum Gasteiger partial charge on any atom is -0.455 e. The summed E-state index contributed by atoms with van der Waals surface area (Å²) in [6.07, 6.45) is 1.45. The highest BCUT2D eigenvalue weighted by atomic mass is 16.3. The summed E-state index contributed by atoms with van der Waals surface area (Å²) in [5, 5.41) is 16.5. The van der Waals surface area contributed by atoms with E-state index in [0.717, 1.165) is 73.2 Å². The standard InChI is InChI=1S/C63H41N3O/c1-2-38-36-54(45-28-30-48-44(34-45)27-26-40-15-6-8-20-46(40)48)64-63(65-61(38)51-24-13-19-39-14-5-9-21-47(39)51)60-56(33-31-52-50-23-11-12-25-58(50)67-62(52)60)66-55-32-29-41-16-7-10-22-49(41)59(55)53-35-42-17-3-4-18-43(42)37-57(53)66/h3-35,37H,2,36H2,1H3. The smallest absolute Gasteiger partial charge is 0.166 e. The molecule has 0 N–H and O–H groups in total. The first-order valence-corrected chi connectivity index (χ1v) is 23.2. The molecule has 11 aromatic carbocycles. The molecule has 0 atom stereocenters. The van der Waals surface area contributed by atoms with Crippen molar-refractivity contribution in [1.29, 1.82) is 0 Å². The minimum atomic E-state index is 0.622. The minimum absolute atomic E-state index is 0.622. The van der Waals surface area contributed by atoms with E-state index in [2.05, 4.69) is 212 Å². The summed E-state index contributed by atoms with van der Waals surface area (Å²) in [5.41, 5.74) is 11.0. The number of para-hydroxylation sites is 1. The fourth-order valence-corrected chi connectivity index (χ4v) is 11.0. The van der Waals surface area contributed by atoms with Crippen LogP contribution >= 0.6 is 0 Å². The van der Waals surface area contributed by atoms with Gasteiger partial charge in [0.25, 0.3) is 0 Å². The molecule has 314 valence electrons. The summed E-state index contributed by atoms with van der Waals surface area (Å²) < 4.78 is 9.55. The van der Waals surface area contributed by atoms with Crippen molar-refractivity contribution in [2.45, 2.75) is 19.8 Å². The van der Waals surface area contributed by atoms with Crippen LogP contribution in [0.25, 0.3) is 109 Å². The molecule has 14 rings (SSSR count). The van der Waals surface area contributed by atoms with Crippen molar-refractivity contribution in [2.24, 2.45) is 9.98 Å². The van der Waals surface area contributed by atoms with E-state index in [-0.39, 0.29) is 0 Å². The molecule has 0 aliphatic carbocycles. The van der Waals surface area contributed by atoms with Crippen LogP contribution in [0, 0.1) is 0 Å². The second-order valence-electron chi connectivity index (χ2n) is 17.9. The normalized spacial score (nSPS) is 13.6. The number of aliphatic imine (C=N–C) groups is 2. The molecule has 0 saturated carbocycles. The van der Waals surface area contributed by atoms with Crippen LogP contribution in [0.1, 0.15) is 36.5 Å². The average molecular weight is 856 g/mol. The monoisotopic (exact) mass is 855 g/mol. The van der Waals surface area contributed by atoms with E-state index < -0.39 is 0 Å². The van der Waals surface area contributed by atoms with Crippen LogP contribution < -0.4 is 0 Å². The second-order valence-corrected chi connectivity index (χ2v) is 17.9. The van der Waals surface area contributed by atoms with Crippen molar-refractivity contribution >= 4 is 115 Å². The Kier molecular flexibility index (Phi) is 8.29. The zero-order valence-corrected chi connectivity index (χ0v) is 36.8. The van der Waals surface area contributed by atoms with Gasteiger partial charge in [-0.2, -0.15) is 0 Å². The van der Waals surface area contributed by atoms with Gasteiger partial charge in [-0.05, 0) is 114 Å². The molecule has 0 amide bonds. The maximum absolute atomic E-state index is 7.11. The van der Waals surface area contributed by atoms with Crippen molar-refractivity contribution in [3.63, 3.8) is 0 Å². The summed E-state index contributed by atoms with van der Waals surface area (Å²) in [4.78, 5) is 11.7. The SMILES string of the molecule is CCC1=C(c2cccc3ccccc23)N=C(c2c(-n3c4cc5ccccc5cc4c4c5ccccc5ccc43)ccc3c2oc2ccccc23)N=C(c2ccc3c(ccc4ccccc43)c2)C1. The molecule has 0 radical (unpaired) electrons. The molecular weight excluding hydrogens is 815 g/mol. The second kappa shape index (κ2) is 14.7. The van der Waals surface area contributed by atoms with Crippen molar-refractivity contribution in [2.75, 3.05) is 0 Å². The Morgan fingerprint density at radius 3 is 1.91 bits per heavy atom. The summed E-state index contributed by atoms with van der Waals surface area (Å²) in [6.45, 7) is 2.25. The lowest BCUT2D eigenvalue weighted by Crippen LogP contribution is -2.10. The fraction of sp³-hybridized carbons (Fsp3) is 0.0476. The number of amidine groups is 1. The number of fused-ring (bicyclic) bond motifs is 13. The highest BCUT2D eigenvalue weighted by Crippen LogP contribution is 2.44. The maximum Gasteiger partial charge on any atom is 0.166 e. The molecule has 0 bridgehead atoms. The van der Waals surface area contributed by atoms with E-state index in [1.54, 1.807) is 0 Å². The Hall–Kier alpha value is -8.60. The van der Waals surface area contributed by atoms with Crippen LogP contribution in [-0.4, -0.2) is 16.1 Å². The lowest BCUT2D eigenvalue weighted by atomic mass is 9.93. The topological polar surface area (TPSA) is 42.8 Å². The van der Waals surface area contributed by atoms with Crippen LogP contribution in [-0.2, 0) is 0 Å². The Labute approximate surface area is 386 Å². The molecule has 67 heavy (non-hydrogen) atoms. The number of aromatic nitrogens is 1. The summed E-state index contributed by atoms with van der Waals surface area (Å²) in [6, 6.07) is 74.7. The molecule has 4 nitrogen and oxygen atoms in total. The number of allylic oxidation sites excluding steroid dienone is 1. The van der Waals surface area contributed by atoms with Crippen LogP contribution in [0.15, 0.2) is 226 Å². The largest absolute Gasteiger partial charge is 0.455 e. The molecule has 0 fully saturated rings. The van der Waals surface area contributed by atoms with Crippen LogP contribution in [0.2, 0.25) is 0 Å². The molecule has 0 spiro atoms. The number of rotatable bonds is 5. The van der Waals surface area contributed by atoms with Gasteiger partial charge in [0.15, 0.2) is 5.84 Å². The highest BCUT2D eigenvalue weighted by Gasteiger charge is 2.28. The van der Waals surface area contributed by atoms with Gasteiger partial charge in [-0.15, -0.1) is 0 Å². The van der Waals surface area contributed by atoms with Gasteiger partial charge in [0.05, 0.1) is 33.7 Å². The lowest BCUT2D eigenvalue weighted by molar-refractivity contribution is 0.667. The summed E-state index contributed by atoms with van der Waals surface area (Å²) in [7, 11) is 0. The van der Waals surface area contributed by atoms with Gasteiger partial charge >= 0.3 is 0 Å². The molecule has 0 unspecified atom stereocenters. The van der Waals surface area contributed by atoms with Gasteiger partial charge in [0.2, 0.25) is 0 Å². The molecular formula is C63H41N3O. The summed E-state index contributed by atoms with van der Waals surface area (Å²) >= 11 is 0. The zero-order chi connectivity index (χ0) is 44.2. The molecule has 1 aliphatic heterocycles. The van der Waals surface area contributed by atoms with Crippen molar-refractivity contribution in [3.05, 3.63) is 229 Å². The third kappa shape index (κ3) is 5.79. The first kappa shape index (κ1) is 37.7. The number of nitrogens with zero attached hydrogens (tertiary/aromatic N) is 3. The molecule has 0 saturated heterocycles. The van der Waals surface area contributed by atoms with Crippen LogP contribution in [0.3, 0.4) is 0 Å². The maximum atomic E-state index is 7.11. The Morgan fingerprint density at radius 2 is 1.09 bits per heavy atom. The molecule has 13 aromatic rings. The number of hydrogen-bond donors (Lipinski definition) is 0. The van der Waals surface area contributed by atoms with E-state index in [9.17, 15) is 0 Å². The third-order valence-electron chi connectivity index (χ3n) is 14.2. The molecule has 3 heterocycles. The van der Waals surface area contributed by atoms with E-state index in [1.807, 2.05) is 6.07 Å². The quantitative estimate of drug-likeness (QED) is 0.159. The van der Waals surface area contributed by atoms with Crippen LogP contribution in [0.4, 0.5) is 0 Å². The Balaban J connectivity index is 1.13. The average Bonchev–Trinajstić information content (AvgIpc) is 3.85. The fourth-order valence-electron chi connectivity index (χ4n) is 11.0. The van der Waals surface area contributed by atoms with E-state index in [4.69, 9.17) is 14.4 Å². The molecule has 4 heteroatoms. The predicted molar refractivity (Wildman–Crippen MR) is 283 cm³/mol. The Morgan fingerprint density at radius 1 is 0.463 bits per heavy atom. The van der Waals surface area contributed by atoms with Gasteiger partial charge in [0, 0.05) is 33.5 Å². The van der Waals surface area contributed by atoms with E-state index in [1.165, 1.54) is 70.2 Å². The van der Waals surface area contributed by atoms with E-state index >= 15 is 0 Å². The van der Waals surface area contributed by atoms with Crippen LogP contribution in [0.5, 0.6) is 0 Å². The predicted octanol–water partition coefficient (Wildman–Crippen LogP) is 16.9. The Bertz CT molecular complexity index is 4340. The van der Waals surface area contributed by atoms with Gasteiger partial charge < -0.3 is 8.98 Å². The molecule has 1 aliphatic rings. The van der Waals surface area contributed by atoms with Crippen molar-refractivity contribution < 1.29 is 4.42 Å². The number of benzene rings is 11.